The van der Waals surface area contributed by atoms with Crippen molar-refractivity contribution in [3.63, 3.8) is 0 Å². The molecule has 2 aromatic rings. The van der Waals surface area contributed by atoms with Crippen LogP contribution in [0.5, 0.6) is 0 Å². The number of carbonyl (C=O) groups is 1. The maximum Gasteiger partial charge on any atom is 0.251 e. The number of rotatable bonds is 4. The molecule has 0 unspecified atom stereocenters. The van der Waals surface area contributed by atoms with Crippen molar-refractivity contribution in [3.8, 4) is 0 Å². The number of anilines is 1. The number of hydrogen-bond acceptors (Lipinski definition) is 2. The second-order valence-electron chi connectivity index (χ2n) is 8.53. The molecule has 1 aliphatic heterocycles. The molecule has 0 saturated heterocycles. The third-order valence-corrected chi connectivity index (χ3v) is 7.04. The summed E-state index contributed by atoms with van der Waals surface area (Å²) in [4.78, 5) is 12.5. The van der Waals surface area contributed by atoms with Crippen molar-refractivity contribution in [2.24, 2.45) is 17.8 Å². The van der Waals surface area contributed by atoms with E-state index in [4.69, 9.17) is 0 Å². The average molecular weight is 361 g/mol. The quantitative estimate of drug-likeness (QED) is 0.794. The van der Waals surface area contributed by atoms with Crippen molar-refractivity contribution in [2.75, 3.05) is 11.9 Å². The van der Waals surface area contributed by atoms with E-state index in [1.165, 1.54) is 36.1 Å². The van der Waals surface area contributed by atoms with Gasteiger partial charge in [0, 0.05) is 17.8 Å². The molecular weight excluding hydrogens is 332 g/mol. The Bertz CT molecular complexity index is 847. The molecule has 0 radical (unpaired) electrons. The Morgan fingerprint density at radius 3 is 2.74 bits per heavy atom. The summed E-state index contributed by atoms with van der Waals surface area (Å²) in [6.45, 7) is 2.82. The van der Waals surface area contributed by atoms with Crippen LogP contribution in [0.25, 0.3) is 0 Å². The smallest absolute Gasteiger partial charge is 0.251 e. The Morgan fingerprint density at radius 2 is 1.93 bits per heavy atom. The monoisotopic (exact) mass is 360 g/mol. The summed E-state index contributed by atoms with van der Waals surface area (Å²) in [7, 11) is 0. The van der Waals surface area contributed by atoms with Gasteiger partial charge in [0.1, 0.15) is 0 Å². The van der Waals surface area contributed by atoms with Crippen molar-refractivity contribution >= 4 is 11.6 Å². The van der Waals surface area contributed by atoms with Gasteiger partial charge in [-0.1, -0.05) is 37.3 Å². The van der Waals surface area contributed by atoms with Gasteiger partial charge in [-0.15, -0.1) is 0 Å². The van der Waals surface area contributed by atoms with Gasteiger partial charge in [-0.2, -0.15) is 0 Å². The van der Waals surface area contributed by atoms with Crippen LogP contribution in [0, 0.1) is 17.8 Å². The molecular formula is C24H28N2O. The fourth-order valence-corrected chi connectivity index (χ4v) is 5.96. The van der Waals surface area contributed by atoms with Crippen LogP contribution in [0.2, 0.25) is 0 Å². The highest BCUT2D eigenvalue weighted by atomic mass is 16.1. The third kappa shape index (κ3) is 2.75. The maximum absolute atomic E-state index is 12.5. The lowest BCUT2D eigenvalue weighted by Crippen LogP contribution is -2.35. The van der Waals surface area contributed by atoms with Crippen LogP contribution < -0.4 is 10.6 Å². The Kier molecular flexibility index (Phi) is 4.18. The van der Waals surface area contributed by atoms with E-state index in [1.807, 2.05) is 6.07 Å². The molecule has 2 aliphatic carbocycles. The van der Waals surface area contributed by atoms with E-state index in [2.05, 4.69) is 60.0 Å². The number of fused-ring (bicyclic) bond motifs is 7. The first-order chi connectivity index (χ1) is 13.3. The fraction of sp³-hybridized carbons (Fsp3) is 0.458. The van der Waals surface area contributed by atoms with Crippen LogP contribution in [-0.2, 0) is 0 Å². The lowest BCUT2D eigenvalue weighted by Gasteiger charge is -2.43. The van der Waals surface area contributed by atoms with Crippen molar-refractivity contribution in [3.05, 3.63) is 65.2 Å². The van der Waals surface area contributed by atoms with Crippen molar-refractivity contribution in [1.29, 1.82) is 0 Å². The minimum absolute atomic E-state index is 0.0598. The Balaban J connectivity index is 1.53. The molecule has 2 bridgehead atoms. The minimum Gasteiger partial charge on any atom is -0.378 e. The van der Waals surface area contributed by atoms with Gasteiger partial charge in [0.25, 0.3) is 5.91 Å². The van der Waals surface area contributed by atoms with Gasteiger partial charge in [0.15, 0.2) is 0 Å². The first kappa shape index (κ1) is 16.9. The summed E-state index contributed by atoms with van der Waals surface area (Å²) in [5.74, 6) is 2.88. The zero-order chi connectivity index (χ0) is 18.4. The van der Waals surface area contributed by atoms with Crippen molar-refractivity contribution < 1.29 is 4.79 Å². The van der Waals surface area contributed by atoms with Crippen LogP contribution in [0.1, 0.15) is 66.1 Å². The predicted molar refractivity (Wildman–Crippen MR) is 109 cm³/mol. The van der Waals surface area contributed by atoms with Crippen LogP contribution in [0.3, 0.4) is 0 Å². The van der Waals surface area contributed by atoms with Gasteiger partial charge in [-0.25, -0.2) is 0 Å². The second-order valence-corrected chi connectivity index (χ2v) is 8.53. The summed E-state index contributed by atoms with van der Waals surface area (Å²) in [5.41, 5.74) is 4.81. The Hall–Kier alpha value is -2.29. The normalized spacial score (nSPS) is 30.3. The van der Waals surface area contributed by atoms with Gasteiger partial charge in [-0.3, -0.25) is 4.79 Å². The fourth-order valence-electron chi connectivity index (χ4n) is 5.96. The highest BCUT2D eigenvalue weighted by molar-refractivity contribution is 5.95. The van der Waals surface area contributed by atoms with E-state index >= 15 is 0 Å². The molecule has 1 amide bonds. The number of nitrogens with one attached hydrogen (secondary N) is 2. The second kappa shape index (κ2) is 6.70. The SMILES string of the molecule is CCCNC(=O)c1ccc2c(c1)[C@H]1[C@@H]3CC[C@@H](C3)[C@@H]1[C@H](c1ccccc1)N2. The number of hydrogen-bond donors (Lipinski definition) is 2. The van der Waals surface area contributed by atoms with E-state index in [0.717, 1.165) is 30.4 Å². The molecule has 2 aromatic carbocycles. The van der Waals surface area contributed by atoms with Gasteiger partial charge >= 0.3 is 0 Å². The van der Waals surface area contributed by atoms with Gasteiger partial charge < -0.3 is 10.6 Å². The van der Waals surface area contributed by atoms with Crippen LogP contribution >= 0.6 is 0 Å². The average Bonchev–Trinajstić information content (AvgIpc) is 3.34. The topological polar surface area (TPSA) is 41.1 Å². The molecule has 2 fully saturated rings. The zero-order valence-corrected chi connectivity index (χ0v) is 15.9. The van der Waals surface area contributed by atoms with E-state index < -0.39 is 0 Å². The number of benzene rings is 2. The molecule has 2 saturated carbocycles. The van der Waals surface area contributed by atoms with E-state index in [1.54, 1.807) is 0 Å². The predicted octanol–water partition coefficient (Wildman–Crippen LogP) is 5.12. The lowest BCUT2D eigenvalue weighted by atomic mass is 9.68. The van der Waals surface area contributed by atoms with E-state index in [9.17, 15) is 4.79 Å². The molecule has 5 rings (SSSR count). The first-order valence-corrected chi connectivity index (χ1v) is 10.5. The molecule has 0 spiro atoms. The minimum atomic E-state index is 0.0598. The maximum atomic E-state index is 12.5. The van der Waals surface area contributed by atoms with Crippen LogP contribution in [0.4, 0.5) is 5.69 Å². The summed E-state index contributed by atoms with van der Waals surface area (Å²) in [6.07, 6.45) is 5.03. The third-order valence-electron chi connectivity index (χ3n) is 7.04. The number of carbonyl (C=O) groups excluding carboxylic acids is 1. The molecule has 3 nitrogen and oxygen atoms in total. The molecule has 1 heterocycles. The van der Waals surface area contributed by atoms with E-state index in [-0.39, 0.29) is 5.91 Å². The molecule has 27 heavy (non-hydrogen) atoms. The molecule has 3 heteroatoms. The first-order valence-electron chi connectivity index (χ1n) is 10.5. The largest absolute Gasteiger partial charge is 0.378 e. The molecule has 2 N–H and O–H groups in total. The van der Waals surface area contributed by atoms with Gasteiger partial charge in [-0.05, 0) is 78.7 Å². The van der Waals surface area contributed by atoms with Crippen molar-refractivity contribution in [1.82, 2.24) is 5.32 Å². The van der Waals surface area contributed by atoms with E-state index in [0.29, 0.717) is 17.9 Å². The standard InChI is InChI=1S/C24H28N2O/c1-2-12-25-24(27)18-10-11-20-19(14-18)21-16-8-9-17(13-16)22(21)23(26-20)15-6-4-3-5-7-15/h3-7,10-11,14,16-17,21-23,26H,2,8-9,12-13H2,1H3,(H,25,27)/t16-,17+,21-,22+,23+/m1/s1. The number of amides is 1. The zero-order valence-electron chi connectivity index (χ0n) is 15.9. The Labute approximate surface area is 161 Å². The van der Waals surface area contributed by atoms with Crippen LogP contribution in [-0.4, -0.2) is 12.5 Å². The molecule has 140 valence electrons. The van der Waals surface area contributed by atoms with Crippen molar-refractivity contribution in [2.45, 2.75) is 44.6 Å². The highest BCUT2D eigenvalue weighted by Crippen LogP contribution is 2.63. The van der Waals surface area contributed by atoms with Gasteiger partial charge in [0.2, 0.25) is 0 Å². The van der Waals surface area contributed by atoms with Gasteiger partial charge in [0.05, 0.1) is 6.04 Å². The molecule has 0 aromatic heterocycles. The summed E-state index contributed by atoms with van der Waals surface area (Å²) < 4.78 is 0. The summed E-state index contributed by atoms with van der Waals surface area (Å²) >= 11 is 0. The Morgan fingerprint density at radius 1 is 1.11 bits per heavy atom. The molecule has 5 atom stereocenters. The summed E-state index contributed by atoms with van der Waals surface area (Å²) in [6, 6.07) is 17.6. The highest BCUT2D eigenvalue weighted by Gasteiger charge is 2.53. The summed E-state index contributed by atoms with van der Waals surface area (Å²) in [5, 5.41) is 6.87. The lowest BCUT2D eigenvalue weighted by molar-refractivity contribution is 0.0953. The molecule has 3 aliphatic rings. The van der Waals surface area contributed by atoms with Crippen LogP contribution in [0.15, 0.2) is 48.5 Å².